The van der Waals surface area contributed by atoms with Gasteiger partial charge >= 0.3 is 7.60 Å². The molecule has 1 atom stereocenters. The second kappa shape index (κ2) is 5.51. The van der Waals surface area contributed by atoms with Crippen molar-refractivity contribution in [3.63, 3.8) is 0 Å². The van der Waals surface area contributed by atoms with E-state index in [4.69, 9.17) is 20.6 Å². The second-order valence-electron chi connectivity index (χ2n) is 3.54. The van der Waals surface area contributed by atoms with Gasteiger partial charge in [0.25, 0.3) is 0 Å². The summed E-state index contributed by atoms with van der Waals surface area (Å²) in [7, 11) is -1.13. The van der Waals surface area contributed by atoms with Crippen molar-refractivity contribution in [2.24, 2.45) is 0 Å². The van der Waals surface area contributed by atoms with Gasteiger partial charge in [-0.2, -0.15) is 0 Å². The lowest BCUT2D eigenvalue weighted by Crippen LogP contribution is -2.26. The minimum absolute atomic E-state index is 0.202. The van der Waals surface area contributed by atoms with E-state index in [-0.39, 0.29) is 6.42 Å². The van der Waals surface area contributed by atoms with Crippen molar-refractivity contribution in [2.75, 3.05) is 14.2 Å². The van der Waals surface area contributed by atoms with Crippen molar-refractivity contribution in [3.05, 3.63) is 34.9 Å². The van der Waals surface area contributed by atoms with E-state index in [0.29, 0.717) is 10.6 Å². The van der Waals surface area contributed by atoms with E-state index in [1.807, 2.05) is 0 Å². The van der Waals surface area contributed by atoms with Crippen LogP contribution in [0.25, 0.3) is 0 Å². The lowest BCUT2D eigenvalue weighted by atomic mass is 10.1. The zero-order valence-corrected chi connectivity index (χ0v) is 11.7. The van der Waals surface area contributed by atoms with E-state index in [9.17, 15) is 9.67 Å². The maximum Gasteiger partial charge on any atom is 0.365 e. The molecule has 0 aliphatic carbocycles. The highest BCUT2D eigenvalue weighted by atomic mass is 35.5. The molecule has 4 nitrogen and oxygen atoms in total. The van der Waals surface area contributed by atoms with E-state index >= 15 is 0 Å². The molecule has 0 heterocycles. The van der Waals surface area contributed by atoms with Crippen LogP contribution in [0.5, 0.6) is 0 Å². The Hall–Kier alpha value is -0.380. The summed E-state index contributed by atoms with van der Waals surface area (Å²) in [5.74, 6) is 0. The van der Waals surface area contributed by atoms with E-state index < -0.39 is 12.9 Å². The van der Waals surface area contributed by atoms with Crippen molar-refractivity contribution >= 4 is 19.2 Å². The highest BCUT2D eigenvalue weighted by Crippen LogP contribution is 2.64. The maximum atomic E-state index is 12.4. The largest absolute Gasteiger partial charge is 0.373 e. The fraction of sp³-hybridized carbons (Fsp3) is 0.455. The molecule has 0 aliphatic rings. The standard InChI is InChI=1S/C11H16ClO4P/c1-4-11(13,17(14,15-2)16-3)9-5-7-10(12)8-6-9/h5-8,13H,4H2,1-3H3/t11-/m0/s1. The van der Waals surface area contributed by atoms with Gasteiger partial charge < -0.3 is 14.2 Å². The number of hydrogen-bond donors (Lipinski definition) is 1. The minimum atomic E-state index is -3.63. The average Bonchev–Trinajstić information content (AvgIpc) is 2.37. The van der Waals surface area contributed by atoms with Gasteiger partial charge in [0.2, 0.25) is 0 Å². The Balaban J connectivity index is 3.29. The quantitative estimate of drug-likeness (QED) is 0.839. The van der Waals surface area contributed by atoms with Crippen LogP contribution in [0.4, 0.5) is 0 Å². The SMILES string of the molecule is CC[C@@](O)(c1ccc(Cl)cc1)P(=O)(OC)OC. The number of halogens is 1. The zero-order chi connectivity index (χ0) is 13.1. The maximum absolute atomic E-state index is 12.4. The van der Waals surface area contributed by atoms with Crippen molar-refractivity contribution in [3.8, 4) is 0 Å². The first-order valence-corrected chi connectivity index (χ1v) is 7.05. The van der Waals surface area contributed by atoms with Crippen molar-refractivity contribution < 1.29 is 18.7 Å². The molecule has 0 radical (unpaired) electrons. The van der Waals surface area contributed by atoms with Crippen molar-refractivity contribution in [2.45, 2.75) is 18.7 Å². The van der Waals surface area contributed by atoms with E-state index in [1.165, 1.54) is 14.2 Å². The number of rotatable bonds is 5. The van der Waals surface area contributed by atoms with Gasteiger partial charge in [0.1, 0.15) is 0 Å². The summed E-state index contributed by atoms with van der Waals surface area (Å²) in [6.07, 6.45) is 0.202. The average molecular weight is 279 g/mol. The molecule has 0 aromatic heterocycles. The summed E-state index contributed by atoms with van der Waals surface area (Å²) in [6, 6.07) is 6.45. The molecule has 1 aromatic carbocycles. The molecule has 96 valence electrons. The summed E-state index contributed by atoms with van der Waals surface area (Å²) in [4.78, 5) is 0. The van der Waals surface area contributed by atoms with Crippen LogP contribution in [0.3, 0.4) is 0 Å². The summed E-state index contributed by atoms with van der Waals surface area (Å²) in [6.45, 7) is 1.71. The molecule has 0 spiro atoms. The van der Waals surface area contributed by atoms with Crippen LogP contribution in [0.1, 0.15) is 18.9 Å². The molecule has 0 bridgehead atoms. The normalized spacial score (nSPS) is 15.6. The Bertz CT molecular complexity index is 412. The minimum Gasteiger partial charge on any atom is -0.373 e. The fourth-order valence-electron chi connectivity index (χ4n) is 1.65. The molecular weight excluding hydrogens is 263 g/mol. The molecule has 17 heavy (non-hydrogen) atoms. The van der Waals surface area contributed by atoms with Crippen LogP contribution in [-0.2, 0) is 19.0 Å². The first kappa shape index (κ1) is 14.7. The Kier molecular flexibility index (Phi) is 4.76. The zero-order valence-electron chi connectivity index (χ0n) is 10.0. The first-order valence-electron chi connectivity index (χ1n) is 5.13. The molecule has 6 heteroatoms. The lowest BCUT2D eigenvalue weighted by Gasteiger charge is -2.32. The van der Waals surface area contributed by atoms with Gasteiger partial charge in [-0.1, -0.05) is 30.7 Å². The van der Waals surface area contributed by atoms with Gasteiger partial charge in [0, 0.05) is 19.2 Å². The van der Waals surface area contributed by atoms with Crippen LogP contribution < -0.4 is 0 Å². The van der Waals surface area contributed by atoms with Crippen LogP contribution in [-0.4, -0.2) is 19.3 Å². The molecule has 1 aromatic rings. The number of hydrogen-bond acceptors (Lipinski definition) is 4. The smallest absolute Gasteiger partial charge is 0.365 e. The van der Waals surface area contributed by atoms with E-state index in [0.717, 1.165) is 0 Å². The molecular formula is C11H16ClO4P. The Morgan fingerprint density at radius 2 is 1.76 bits per heavy atom. The predicted octanol–water partition coefficient (Wildman–Crippen LogP) is 3.38. The van der Waals surface area contributed by atoms with Crippen molar-refractivity contribution in [1.29, 1.82) is 0 Å². The Morgan fingerprint density at radius 3 is 2.12 bits per heavy atom. The summed E-state index contributed by atoms with van der Waals surface area (Å²) >= 11 is 5.77. The third-order valence-corrected chi connectivity index (χ3v) is 5.43. The van der Waals surface area contributed by atoms with Gasteiger partial charge in [-0.15, -0.1) is 0 Å². The van der Waals surface area contributed by atoms with Gasteiger partial charge in [0.15, 0.2) is 5.34 Å². The van der Waals surface area contributed by atoms with E-state index in [2.05, 4.69) is 0 Å². The molecule has 1 rings (SSSR count). The number of aliphatic hydroxyl groups is 1. The van der Waals surface area contributed by atoms with Gasteiger partial charge in [-0.3, -0.25) is 4.57 Å². The van der Waals surface area contributed by atoms with E-state index in [1.54, 1.807) is 31.2 Å². The molecule has 0 saturated carbocycles. The summed E-state index contributed by atoms with van der Waals surface area (Å²) < 4.78 is 22.1. The molecule has 0 unspecified atom stereocenters. The highest BCUT2D eigenvalue weighted by molar-refractivity contribution is 7.54. The topological polar surface area (TPSA) is 55.8 Å². The first-order chi connectivity index (χ1) is 7.93. The summed E-state index contributed by atoms with van der Waals surface area (Å²) in [5.41, 5.74) is 0.455. The van der Waals surface area contributed by atoms with Crippen LogP contribution in [0, 0.1) is 0 Å². The van der Waals surface area contributed by atoms with Gasteiger partial charge in [0.05, 0.1) is 0 Å². The molecule has 0 saturated heterocycles. The van der Waals surface area contributed by atoms with Gasteiger partial charge in [-0.25, -0.2) is 0 Å². The third kappa shape index (κ3) is 2.56. The number of benzene rings is 1. The Labute approximate surface area is 106 Å². The van der Waals surface area contributed by atoms with Crippen LogP contribution >= 0.6 is 19.2 Å². The van der Waals surface area contributed by atoms with Crippen LogP contribution in [0.15, 0.2) is 24.3 Å². The molecule has 0 fully saturated rings. The van der Waals surface area contributed by atoms with Crippen molar-refractivity contribution in [1.82, 2.24) is 0 Å². The predicted molar refractivity (Wildman–Crippen MR) is 67.3 cm³/mol. The summed E-state index contributed by atoms with van der Waals surface area (Å²) in [5, 5.41) is 9.42. The second-order valence-corrected chi connectivity index (χ2v) is 6.44. The fourth-order valence-corrected chi connectivity index (χ4v) is 3.38. The highest BCUT2D eigenvalue weighted by Gasteiger charge is 2.48. The Morgan fingerprint density at radius 1 is 1.29 bits per heavy atom. The molecule has 0 amide bonds. The monoisotopic (exact) mass is 278 g/mol. The third-order valence-electron chi connectivity index (χ3n) is 2.73. The molecule has 1 N–H and O–H groups in total. The van der Waals surface area contributed by atoms with Gasteiger partial charge in [-0.05, 0) is 24.1 Å². The lowest BCUT2D eigenvalue weighted by molar-refractivity contribution is 0.0730. The van der Waals surface area contributed by atoms with Crippen LogP contribution in [0.2, 0.25) is 5.02 Å². The molecule has 0 aliphatic heterocycles.